The van der Waals surface area contributed by atoms with E-state index in [1.165, 1.54) is 14.2 Å². The smallest absolute Gasteiger partial charge is 0.259 e. The Hall–Kier alpha value is -2.01. The molecule has 2 rings (SSSR count). The Labute approximate surface area is 116 Å². The van der Waals surface area contributed by atoms with Gasteiger partial charge in [-0.1, -0.05) is 12.1 Å². The van der Waals surface area contributed by atoms with Crippen LogP contribution in [-0.2, 0) is 6.54 Å². The monoisotopic (exact) mass is 277 g/mol. The zero-order valence-corrected chi connectivity index (χ0v) is 11.6. The number of hydrogen-bond donors (Lipinski definition) is 1. The highest BCUT2D eigenvalue weighted by Crippen LogP contribution is 2.28. The molecule has 0 saturated carbocycles. The molecule has 0 aliphatic rings. The summed E-state index contributed by atoms with van der Waals surface area (Å²) in [4.78, 5) is 13.3. The van der Waals surface area contributed by atoms with E-state index in [4.69, 9.17) is 9.47 Å². The molecule has 100 valence electrons. The molecule has 0 bridgehead atoms. The van der Waals surface area contributed by atoms with E-state index >= 15 is 0 Å². The number of hydrogen-bond acceptors (Lipinski definition) is 4. The Morgan fingerprint density at radius 1 is 1.16 bits per heavy atom. The fourth-order valence-electron chi connectivity index (χ4n) is 1.74. The SMILES string of the molecule is COc1cccc(OC)c1C(=O)NCc1cccs1. The Bertz CT molecular complexity index is 530. The van der Waals surface area contributed by atoms with Crippen LogP contribution >= 0.6 is 11.3 Å². The molecule has 1 aromatic carbocycles. The summed E-state index contributed by atoms with van der Waals surface area (Å²) >= 11 is 1.60. The standard InChI is InChI=1S/C14H15NO3S/c1-17-11-6-3-7-12(18-2)13(11)14(16)15-9-10-5-4-8-19-10/h3-8H,9H2,1-2H3,(H,15,16). The van der Waals surface area contributed by atoms with E-state index in [2.05, 4.69) is 5.32 Å². The molecule has 2 aromatic rings. The maximum absolute atomic E-state index is 12.2. The van der Waals surface area contributed by atoms with Crippen molar-refractivity contribution in [3.63, 3.8) is 0 Å². The summed E-state index contributed by atoms with van der Waals surface area (Å²) in [5.41, 5.74) is 0.420. The molecule has 0 spiro atoms. The lowest BCUT2D eigenvalue weighted by molar-refractivity contribution is 0.0945. The average Bonchev–Trinajstić information content (AvgIpc) is 2.97. The molecule has 1 N–H and O–H groups in total. The van der Waals surface area contributed by atoms with Crippen LogP contribution in [0.2, 0.25) is 0 Å². The van der Waals surface area contributed by atoms with Crippen molar-refractivity contribution in [1.29, 1.82) is 0 Å². The molecule has 19 heavy (non-hydrogen) atoms. The number of amides is 1. The Kier molecular flexibility index (Phi) is 4.41. The molecule has 0 saturated heterocycles. The third-order valence-corrected chi connectivity index (χ3v) is 3.53. The molecule has 0 atom stereocenters. The van der Waals surface area contributed by atoms with Crippen molar-refractivity contribution in [2.24, 2.45) is 0 Å². The second kappa shape index (κ2) is 6.24. The summed E-state index contributed by atoms with van der Waals surface area (Å²) < 4.78 is 10.4. The highest BCUT2D eigenvalue weighted by molar-refractivity contribution is 7.09. The van der Waals surface area contributed by atoms with Crippen molar-refractivity contribution >= 4 is 17.2 Å². The van der Waals surface area contributed by atoms with E-state index in [1.54, 1.807) is 29.5 Å². The topological polar surface area (TPSA) is 47.6 Å². The zero-order valence-electron chi connectivity index (χ0n) is 10.8. The lowest BCUT2D eigenvalue weighted by atomic mass is 10.1. The van der Waals surface area contributed by atoms with E-state index < -0.39 is 0 Å². The summed E-state index contributed by atoms with van der Waals surface area (Å²) in [5, 5.41) is 4.84. The predicted molar refractivity (Wildman–Crippen MR) is 75.0 cm³/mol. The lowest BCUT2D eigenvalue weighted by Crippen LogP contribution is -2.23. The second-order valence-corrected chi connectivity index (χ2v) is 4.83. The van der Waals surface area contributed by atoms with Gasteiger partial charge in [0.2, 0.25) is 0 Å². The first-order valence-electron chi connectivity index (χ1n) is 5.78. The van der Waals surface area contributed by atoms with Crippen molar-refractivity contribution in [3.05, 3.63) is 46.2 Å². The summed E-state index contributed by atoms with van der Waals surface area (Å²) in [6.07, 6.45) is 0. The van der Waals surface area contributed by atoms with Crippen LogP contribution < -0.4 is 14.8 Å². The van der Waals surface area contributed by atoms with Crippen molar-refractivity contribution in [3.8, 4) is 11.5 Å². The van der Waals surface area contributed by atoms with Gasteiger partial charge in [-0.3, -0.25) is 4.79 Å². The predicted octanol–water partition coefficient (Wildman–Crippen LogP) is 2.70. The van der Waals surface area contributed by atoms with Gasteiger partial charge in [-0.15, -0.1) is 11.3 Å². The zero-order chi connectivity index (χ0) is 13.7. The second-order valence-electron chi connectivity index (χ2n) is 3.80. The van der Waals surface area contributed by atoms with Gasteiger partial charge in [0, 0.05) is 4.88 Å². The van der Waals surface area contributed by atoms with Gasteiger partial charge < -0.3 is 14.8 Å². The van der Waals surface area contributed by atoms with Gasteiger partial charge in [-0.2, -0.15) is 0 Å². The molecule has 1 amide bonds. The minimum Gasteiger partial charge on any atom is -0.496 e. The Morgan fingerprint density at radius 3 is 2.37 bits per heavy atom. The minimum atomic E-state index is -0.206. The van der Waals surface area contributed by atoms with Crippen LogP contribution in [0.4, 0.5) is 0 Å². The fraction of sp³-hybridized carbons (Fsp3) is 0.214. The van der Waals surface area contributed by atoms with E-state index in [1.807, 2.05) is 17.5 Å². The molecular formula is C14H15NO3S. The first kappa shape index (κ1) is 13.4. The van der Waals surface area contributed by atoms with E-state index in [9.17, 15) is 4.79 Å². The summed E-state index contributed by atoms with van der Waals surface area (Å²) in [6.45, 7) is 0.498. The summed E-state index contributed by atoms with van der Waals surface area (Å²) in [7, 11) is 3.07. The van der Waals surface area contributed by atoms with Crippen LogP contribution in [0.25, 0.3) is 0 Å². The third kappa shape index (κ3) is 3.06. The Morgan fingerprint density at radius 2 is 1.84 bits per heavy atom. The van der Waals surface area contributed by atoms with Crippen molar-refractivity contribution in [2.75, 3.05) is 14.2 Å². The number of methoxy groups -OCH3 is 2. The van der Waals surface area contributed by atoms with Crippen molar-refractivity contribution in [2.45, 2.75) is 6.54 Å². The van der Waals surface area contributed by atoms with Gasteiger partial charge in [0.1, 0.15) is 17.1 Å². The van der Waals surface area contributed by atoms with E-state index in [-0.39, 0.29) is 5.91 Å². The minimum absolute atomic E-state index is 0.206. The van der Waals surface area contributed by atoms with Crippen LogP contribution in [-0.4, -0.2) is 20.1 Å². The molecule has 0 aliphatic heterocycles. The highest BCUT2D eigenvalue weighted by atomic mass is 32.1. The molecule has 0 unspecified atom stereocenters. The van der Waals surface area contributed by atoms with Crippen LogP contribution in [0.5, 0.6) is 11.5 Å². The van der Waals surface area contributed by atoms with E-state index in [0.717, 1.165) is 4.88 Å². The van der Waals surface area contributed by atoms with Gasteiger partial charge in [0.15, 0.2) is 0 Å². The van der Waals surface area contributed by atoms with Gasteiger partial charge >= 0.3 is 0 Å². The molecule has 5 heteroatoms. The van der Waals surface area contributed by atoms with Crippen LogP contribution in [0.1, 0.15) is 15.2 Å². The number of rotatable bonds is 5. The Balaban J connectivity index is 2.18. The molecule has 1 aromatic heterocycles. The average molecular weight is 277 g/mol. The number of carbonyl (C=O) groups excluding carboxylic acids is 1. The molecule has 0 fully saturated rings. The number of nitrogens with one attached hydrogen (secondary N) is 1. The molecule has 0 aliphatic carbocycles. The van der Waals surface area contributed by atoms with E-state index in [0.29, 0.717) is 23.6 Å². The quantitative estimate of drug-likeness (QED) is 0.914. The van der Waals surface area contributed by atoms with Gasteiger partial charge in [0.05, 0.1) is 20.8 Å². The lowest BCUT2D eigenvalue weighted by Gasteiger charge is -2.12. The normalized spacial score (nSPS) is 10.0. The number of thiophene rings is 1. The van der Waals surface area contributed by atoms with Crippen LogP contribution in [0.3, 0.4) is 0 Å². The fourth-order valence-corrected chi connectivity index (χ4v) is 2.39. The first-order valence-corrected chi connectivity index (χ1v) is 6.65. The van der Waals surface area contributed by atoms with Gasteiger partial charge in [0.25, 0.3) is 5.91 Å². The highest BCUT2D eigenvalue weighted by Gasteiger charge is 2.17. The van der Waals surface area contributed by atoms with Gasteiger partial charge in [-0.25, -0.2) is 0 Å². The van der Waals surface area contributed by atoms with Gasteiger partial charge in [-0.05, 0) is 23.6 Å². The number of ether oxygens (including phenoxy) is 2. The number of carbonyl (C=O) groups is 1. The molecule has 1 heterocycles. The number of benzene rings is 1. The molecule has 4 nitrogen and oxygen atoms in total. The maximum atomic E-state index is 12.2. The van der Waals surface area contributed by atoms with Crippen molar-refractivity contribution in [1.82, 2.24) is 5.32 Å². The summed E-state index contributed by atoms with van der Waals surface area (Å²) in [5.74, 6) is 0.800. The first-order chi connectivity index (χ1) is 9.26. The third-order valence-electron chi connectivity index (χ3n) is 2.66. The summed E-state index contributed by atoms with van der Waals surface area (Å²) in [6, 6.07) is 9.19. The van der Waals surface area contributed by atoms with Crippen LogP contribution in [0.15, 0.2) is 35.7 Å². The van der Waals surface area contributed by atoms with Crippen LogP contribution in [0, 0.1) is 0 Å². The van der Waals surface area contributed by atoms with Crippen molar-refractivity contribution < 1.29 is 14.3 Å². The molecule has 0 radical (unpaired) electrons. The largest absolute Gasteiger partial charge is 0.496 e. The maximum Gasteiger partial charge on any atom is 0.259 e. The molecular weight excluding hydrogens is 262 g/mol.